The Morgan fingerprint density at radius 2 is 1.89 bits per heavy atom. The van der Waals surface area contributed by atoms with Gasteiger partial charge in [0, 0.05) is 41.8 Å². The molecule has 0 aliphatic carbocycles. The van der Waals surface area contributed by atoms with Crippen molar-refractivity contribution in [1.29, 1.82) is 0 Å². The van der Waals surface area contributed by atoms with Crippen molar-refractivity contribution in [2.24, 2.45) is 0 Å². The fraction of sp³-hybridized carbons (Fsp3) is 0.241. The first-order valence-electron chi connectivity index (χ1n) is 12.0. The number of amides is 1. The number of anilines is 1. The van der Waals surface area contributed by atoms with Gasteiger partial charge in [-0.05, 0) is 67.8 Å². The summed E-state index contributed by atoms with van der Waals surface area (Å²) in [5.74, 6) is 0.238. The predicted octanol–water partition coefficient (Wildman–Crippen LogP) is 7.61. The molecule has 0 spiro atoms. The molecule has 3 aromatic carbocycles. The smallest absolute Gasteiger partial charge is 0.255 e. The van der Waals surface area contributed by atoms with E-state index in [1.807, 2.05) is 24.3 Å². The van der Waals surface area contributed by atoms with E-state index in [1.165, 1.54) is 12.1 Å². The highest BCUT2D eigenvalue weighted by Crippen LogP contribution is 2.29. The first-order valence-corrected chi connectivity index (χ1v) is 12.8. The van der Waals surface area contributed by atoms with Crippen molar-refractivity contribution in [3.63, 3.8) is 0 Å². The summed E-state index contributed by atoms with van der Waals surface area (Å²) in [7, 11) is 1.64. The van der Waals surface area contributed by atoms with Gasteiger partial charge in [0.1, 0.15) is 11.6 Å². The molecule has 1 atom stereocenters. The lowest BCUT2D eigenvalue weighted by Gasteiger charge is -2.25. The van der Waals surface area contributed by atoms with Crippen molar-refractivity contribution in [1.82, 2.24) is 9.88 Å². The lowest BCUT2D eigenvalue weighted by Crippen LogP contribution is -2.32. The van der Waals surface area contributed by atoms with Gasteiger partial charge in [0.05, 0.1) is 28.9 Å². The number of carbonyl (C=O) groups is 1. The van der Waals surface area contributed by atoms with Gasteiger partial charge in [-0.1, -0.05) is 41.4 Å². The van der Waals surface area contributed by atoms with E-state index in [9.17, 15) is 9.18 Å². The van der Waals surface area contributed by atoms with Gasteiger partial charge in [0.2, 0.25) is 0 Å². The molecule has 0 bridgehead atoms. The third-order valence-electron chi connectivity index (χ3n) is 6.12. The van der Waals surface area contributed by atoms with Gasteiger partial charge in [-0.15, -0.1) is 0 Å². The Bertz CT molecular complexity index is 1380. The SMILES string of the molecule is COc1cc(NC(C)CCCN(Cc2ccc(F)cc2)C(=O)c2ccc(Cl)cc2Cl)c2ncccc2c1. The number of pyridine rings is 1. The van der Waals surface area contributed by atoms with Crippen LogP contribution in [0.15, 0.2) is 72.9 Å². The number of aromatic nitrogens is 1. The molecule has 5 nitrogen and oxygen atoms in total. The lowest BCUT2D eigenvalue weighted by atomic mass is 10.1. The second kappa shape index (κ2) is 12.3. The van der Waals surface area contributed by atoms with E-state index in [2.05, 4.69) is 17.2 Å². The summed E-state index contributed by atoms with van der Waals surface area (Å²) in [5, 5.41) is 5.30. The molecular formula is C29H28Cl2FN3O2. The first kappa shape index (κ1) is 26.7. The number of benzene rings is 3. The van der Waals surface area contributed by atoms with Gasteiger partial charge in [-0.2, -0.15) is 0 Å². The normalized spacial score (nSPS) is 11.8. The Labute approximate surface area is 226 Å². The summed E-state index contributed by atoms with van der Waals surface area (Å²) < 4.78 is 18.9. The maximum atomic E-state index is 13.4. The van der Waals surface area contributed by atoms with Gasteiger partial charge in [0.25, 0.3) is 5.91 Å². The molecule has 1 aromatic heterocycles. The van der Waals surface area contributed by atoms with Gasteiger partial charge >= 0.3 is 0 Å². The molecule has 37 heavy (non-hydrogen) atoms. The topological polar surface area (TPSA) is 54.5 Å². The summed E-state index contributed by atoms with van der Waals surface area (Å²) in [4.78, 5) is 19.7. The van der Waals surface area contributed by atoms with E-state index < -0.39 is 0 Å². The van der Waals surface area contributed by atoms with Gasteiger partial charge in [-0.25, -0.2) is 4.39 Å². The highest BCUT2D eigenvalue weighted by molar-refractivity contribution is 6.36. The van der Waals surface area contributed by atoms with Crippen molar-refractivity contribution in [2.75, 3.05) is 19.0 Å². The number of methoxy groups -OCH3 is 1. The number of hydrogen-bond acceptors (Lipinski definition) is 4. The summed E-state index contributed by atoms with van der Waals surface area (Å²) in [5.41, 5.74) is 2.99. The fourth-order valence-corrected chi connectivity index (χ4v) is 4.70. The quantitative estimate of drug-likeness (QED) is 0.225. The standard InChI is InChI=1S/C29H28Cl2FN3O2/c1-19(34-27-17-24(37-2)15-21-6-3-13-33-28(21)27)5-4-14-35(18-20-7-10-23(32)11-8-20)29(36)25-12-9-22(30)16-26(25)31/h3,6-13,15-17,19,34H,4-5,14,18H2,1-2H3. The molecule has 1 N–H and O–H groups in total. The van der Waals surface area contributed by atoms with E-state index in [1.54, 1.807) is 48.5 Å². The van der Waals surface area contributed by atoms with Crippen LogP contribution in [0, 0.1) is 5.82 Å². The average molecular weight is 540 g/mol. The summed E-state index contributed by atoms with van der Waals surface area (Å²) in [6, 6.07) is 18.9. The number of nitrogens with one attached hydrogen (secondary N) is 1. The number of halogens is 3. The lowest BCUT2D eigenvalue weighted by molar-refractivity contribution is 0.0740. The van der Waals surface area contributed by atoms with Gasteiger partial charge < -0.3 is 15.0 Å². The Morgan fingerprint density at radius 3 is 2.62 bits per heavy atom. The first-order chi connectivity index (χ1) is 17.8. The summed E-state index contributed by atoms with van der Waals surface area (Å²) in [6.45, 7) is 2.93. The van der Waals surface area contributed by atoms with Crippen molar-refractivity contribution in [3.8, 4) is 5.75 Å². The van der Waals surface area contributed by atoms with Crippen LogP contribution in [0.2, 0.25) is 10.0 Å². The third-order valence-corrected chi connectivity index (χ3v) is 6.66. The van der Waals surface area contributed by atoms with Crippen LogP contribution in [0.4, 0.5) is 10.1 Å². The number of hydrogen-bond donors (Lipinski definition) is 1. The number of rotatable bonds is 10. The zero-order chi connectivity index (χ0) is 26.4. The molecular weight excluding hydrogens is 512 g/mol. The Morgan fingerprint density at radius 1 is 1.11 bits per heavy atom. The molecule has 192 valence electrons. The van der Waals surface area contributed by atoms with Crippen molar-refractivity contribution < 1.29 is 13.9 Å². The monoisotopic (exact) mass is 539 g/mol. The van der Waals surface area contributed by atoms with Crippen molar-refractivity contribution in [3.05, 3.63) is 99.9 Å². The highest BCUT2D eigenvalue weighted by Gasteiger charge is 2.20. The molecule has 0 aliphatic heterocycles. The minimum Gasteiger partial charge on any atom is -0.497 e. The van der Waals surface area contributed by atoms with E-state index in [0.29, 0.717) is 28.7 Å². The minimum atomic E-state index is -0.318. The Balaban J connectivity index is 1.46. The predicted molar refractivity (Wildman–Crippen MR) is 148 cm³/mol. The molecule has 1 heterocycles. The van der Waals surface area contributed by atoms with Gasteiger partial charge in [0.15, 0.2) is 0 Å². The van der Waals surface area contributed by atoms with Crippen LogP contribution in [-0.2, 0) is 6.54 Å². The summed E-state index contributed by atoms with van der Waals surface area (Å²) >= 11 is 12.4. The Hall–Kier alpha value is -3.35. The van der Waals surface area contributed by atoms with E-state index >= 15 is 0 Å². The molecule has 0 radical (unpaired) electrons. The second-order valence-electron chi connectivity index (χ2n) is 8.92. The molecule has 0 fully saturated rings. The zero-order valence-electron chi connectivity index (χ0n) is 20.7. The van der Waals surface area contributed by atoms with Crippen LogP contribution in [0.3, 0.4) is 0 Å². The number of carbonyl (C=O) groups excluding carboxylic acids is 1. The summed E-state index contributed by atoms with van der Waals surface area (Å²) in [6.07, 6.45) is 3.31. The van der Waals surface area contributed by atoms with Crippen LogP contribution in [-0.4, -0.2) is 35.5 Å². The highest BCUT2D eigenvalue weighted by atomic mass is 35.5. The van der Waals surface area contributed by atoms with E-state index in [0.717, 1.165) is 40.7 Å². The van der Waals surface area contributed by atoms with E-state index in [-0.39, 0.29) is 17.8 Å². The molecule has 1 unspecified atom stereocenters. The minimum absolute atomic E-state index is 0.110. The maximum absolute atomic E-state index is 13.4. The van der Waals surface area contributed by atoms with Crippen LogP contribution < -0.4 is 10.1 Å². The molecule has 0 saturated heterocycles. The number of fused-ring (bicyclic) bond motifs is 1. The molecule has 4 rings (SSSR count). The number of nitrogens with zero attached hydrogens (tertiary/aromatic N) is 2. The second-order valence-corrected chi connectivity index (χ2v) is 9.76. The van der Waals surface area contributed by atoms with Crippen LogP contribution in [0.1, 0.15) is 35.7 Å². The van der Waals surface area contributed by atoms with Crippen LogP contribution in [0.5, 0.6) is 5.75 Å². The molecule has 0 saturated carbocycles. The van der Waals surface area contributed by atoms with Crippen LogP contribution >= 0.6 is 23.2 Å². The van der Waals surface area contributed by atoms with Crippen molar-refractivity contribution in [2.45, 2.75) is 32.4 Å². The Kier molecular flexibility index (Phi) is 8.85. The molecule has 1 amide bonds. The fourth-order valence-electron chi connectivity index (χ4n) is 4.21. The zero-order valence-corrected chi connectivity index (χ0v) is 22.2. The molecule has 0 aliphatic rings. The largest absolute Gasteiger partial charge is 0.497 e. The van der Waals surface area contributed by atoms with Crippen molar-refractivity contribution >= 4 is 45.7 Å². The maximum Gasteiger partial charge on any atom is 0.255 e. The molecule has 8 heteroatoms. The van der Waals surface area contributed by atoms with Gasteiger partial charge in [-0.3, -0.25) is 9.78 Å². The molecule has 4 aromatic rings. The van der Waals surface area contributed by atoms with E-state index in [4.69, 9.17) is 27.9 Å². The van der Waals surface area contributed by atoms with Crippen LogP contribution in [0.25, 0.3) is 10.9 Å². The average Bonchev–Trinajstić information content (AvgIpc) is 2.89. The third kappa shape index (κ3) is 6.90. The number of ether oxygens (including phenoxy) is 1.